The molecule has 0 unspecified atom stereocenters. The summed E-state index contributed by atoms with van der Waals surface area (Å²) in [6.45, 7) is 3.91. The first kappa shape index (κ1) is 13.7. The Labute approximate surface area is 112 Å². The molecule has 19 heavy (non-hydrogen) atoms. The maximum absolute atomic E-state index is 12.1. The average molecular weight is 263 g/mol. The number of carbonyl (C=O) groups excluding carboxylic acids is 2. The van der Waals surface area contributed by atoms with Crippen molar-refractivity contribution in [2.75, 3.05) is 25.7 Å². The van der Waals surface area contributed by atoms with Gasteiger partial charge in [-0.1, -0.05) is 12.1 Å². The number of fused-ring (bicyclic) bond motifs is 1. The fourth-order valence-corrected chi connectivity index (χ4v) is 2.33. The molecule has 0 saturated heterocycles. The molecule has 1 aliphatic rings. The van der Waals surface area contributed by atoms with E-state index >= 15 is 0 Å². The van der Waals surface area contributed by atoms with E-state index in [1.165, 1.54) is 19.1 Å². The molecule has 1 amide bonds. The summed E-state index contributed by atoms with van der Waals surface area (Å²) >= 11 is 0. The van der Waals surface area contributed by atoms with Crippen LogP contribution in [0.25, 0.3) is 0 Å². The summed E-state index contributed by atoms with van der Waals surface area (Å²) < 4.78 is 10.2. The molecule has 0 bridgehead atoms. The Morgan fingerprint density at radius 2 is 1.68 bits per heavy atom. The van der Waals surface area contributed by atoms with Crippen LogP contribution in [0.3, 0.4) is 0 Å². The van der Waals surface area contributed by atoms with Crippen LogP contribution in [0, 0.1) is 13.8 Å². The highest BCUT2D eigenvalue weighted by Gasteiger charge is 2.39. The summed E-state index contributed by atoms with van der Waals surface area (Å²) in [5.41, 5.74) is 2.88. The smallest absolute Gasteiger partial charge is 0.299 e. The Hall–Kier alpha value is -1.72. The van der Waals surface area contributed by atoms with Gasteiger partial charge >= 0.3 is 0 Å². The standard InChI is InChI=1S/C14H17NO4/c1-8-5-6-9(2)12-11(8)13(16)14(17)15(12)7-10(18-3)19-4/h5-6,10H,7H2,1-4H3. The third-order valence-corrected chi connectivity index (χ3v) is 3.38. The van der Waals surface area contributed by atoms with Crippen LogP contribution in [-0.2, 0) is 14.3 Å². The van der Waals surface area contributed by atoms with E-state index in [0.717, 1.165) is 11.1 Å². The first-order valence-corrected chi connectivity index (χ1v) is 6.03. The third-order valence-electron chi connectivity index (χ3n) is 3.38. The summed E-state index contributed by atoms with van der Waals surface area (Å²) in [4.78, 5) is 25.6. The molecule has 0 aliphatic carbocycles. The average Bonchev–Trinajstić information content (AvgIpc) is 2.66. The van der Waals surface area contributed by atoms with Crippen LogP contribution < -0.4 is 4.90 Å². The highest BCUT2D eigenvalue weighted by molar-refractivity contribution is 6.52. The second kappa shape index (κ2) is 5.11. The van der Waals surface area contributed by atoms with E-state index < -0.39 is 18.0 Å². The van der Waals surface area contributed by atoms with Gasteiger partial charge in [-0.3, -0.25) is 14.5 Å². The van der Waals surface area contributed by atoms with Crippen LogP contribution in [0.2, 0.25) is 0 Å². The molecule has 0 atom stereocenters. The summed E-state index contributed by atoms with van der Waals surface area (Å²) in [6, 6.07) is 3.76. The number of anilines is 1. The van der Waals surface area contributed by atoms with E-state index in [4.69, 9.17) is 9.47 Å². The van der Waals surface area contributed by atoms with E-state index in [-0.39, 0.29) is 6.54 Å². The predicted octanol–water partition coefficient (Wildman–Crippen LogP) is 1.45. The summed E-state index contributed by atoms with van der Waals surface area (Å²) in [5, 5.41) is 0. The number of methoxy groups -OCH3 is 2. The number of benzene rings is 1. The number of hydrogen-bond donors (Lipinski definition) is 0. The van der Waals surface area contributed by atoms with Crippen LogP contribution in [0.15, 0.2) is 12.1 Å². The molecule has 1 aromatic carbocycles. The minimum absolute atomic E-state index is 0.203. The van der Waals surface area contributed by atoms with Crippen LogP contribution >= 0.6 is 0 Å². The van der Waals surface area contributed by atoms with E-state index in [1.807, 2.05) is 26.0 Å². The monoisotopic (exact) mass is 263 g/mol. The highest BCUT2D eigenvalue weighted by atomic mass is 16.7. The number of aryl methyl sites for hydroxylation is 2. The normalized spacial score (nSPS) is 14.5. The lowest BCUT2D eigenvalue weighted by atomic mass is 10.0. The van der Waals surface area contributed by atoms with Crippen molar-refractivity contribution >= 4 is 17.4 Å². The Bertz CT molecular complexity index is 534. The molecule has 0 aromatic heterocycles. The fraction of sp³-hybridized carbons (Fsp3) is 0.429. The van der Waals surface area contributed by atoms with Crippen molar-refractivity contribution in [1.82, 2.24) is 0 Å². The van der Waals surface area contributed by atoms with Gasteiger partial charge in [0, 0.05) is 14.2 Å². The van der Waals surface area contributed by atoms with Gasteiger partial charge in [0.1, 0.15) is 0 Å². The number of ether oxygens (including phenoxy) is 2. The number of amides is 1. The molecule has 1 aromatic rings. The van der Waals surface area contributed by atoms with Gasteiger partial charge in [-0.05, 0) is 25.0 Å². The third kappa shape index (κ3) is 2.15. The molecule has 1 aliphatic heterocycles. The second-order valence-corrected chi connectivity index (χ2v) is 4.57. The van der Waals surface area contributed by atoms with Crippen molar-refractivity contribution in [2.45, 2.75) is 20.1 Å². The molecule has 5 heteroatoms. The van der Waals surface area contributed by atoms with E-state index in [0.29, 0.717) is 11.3 Å². The van der Waals surface area contributed by atoms with Crippen LogP contribution in [0.5, 0.6) is 0 Å². The SMILES string of the molecule is COC(CN1C(=O)C(=O)c2c(C)ccc(C)c21)OC. The molecular formula is C14H17NO4. The van der Waals surface area contributed by atoms with Gasteiger partial charge in [0.05, 0.1) is 17.8 Å². The van der Waals surface area contributed by atoms with Crippen LogP contribution in [0.1, 0.15) is 21.5 Å². The van der Waals surface area contributed by atoms with Gasteiger partial charge < -0.3 is 9.47 Å². The van der Waals surface area contributed by atoms with E-state index in [1.54, 1.807) is 0 Å². The molecule has 5 nitrogen and oxygen atoms in total. The molecule has 1 heterocycles. The van der Waals surface area contributed by atoms with Crippen LogP contribution in [-0.4, -0.2) is 38.7 Å². The zero-order valence-electron chi connectivity index (χ0n) is 11.5. The number of rotatable bonds is 4. The van der Waals surface area contributed by atoms with Crippen molar-refractivity contribution < 1.29 is 19.1 Å². The minimum atomic E-state index is -0.553. The Morgan fingerprint density at radius 1 is 1.11 bits per heavy atom. The Kier molecular flexibility index (Phi) is 3.68. The number of nitrogens with zero attached hydrogens (tertiary/aromatic N) is 1. The topological polar surface area (TPSA) is 55.8 Å². The first-order valence-electron chi connectivity index (χ1n) is 6.03. The molecule has 0 radical (unpaired) electrons. The predicted molar refractivity (Wildman–Crippen MR) is 70.4 cm³/mol. The molecular weight excluding hydrogens is 246 g/mol. The van der Waals surface area contributed by atoms with E-state index in [9.17, 15) is 9.59 Å². The van der Waals surface area contributed by atoms with Crippen molar-refractivity contribution in [3.8, 4) is 0 Å². The van der Waals surface area contributed by atoms with Crippen LogP contribution in [0.4, 0.5) is 5.69 Å². The van der Waals surface area contributed by atoms with E-state index in [2.05, 4.69) is 0 Å². The lowest BCUT2D eigenvalue weighted by molar-refractivity contribution is -0.119. The number of carbonyl (C=O) groups is 2. The number of ketones is 1. The van der Waals surface area contributed by atoms with Gasteiger partial charge in [-0.15, -0.1) is 0 Å². The Morgan fingerprint density at radius 3 is 2.26 bits per heavy atom. The summed E-state index contributed by atoms with van der Waals surface area (Å²) in [6.07, 6.45) is -0.553. The summed E-state index contributed by atoms with van der Waals surface area (Å²) in [7, 11) is 3.00. The summed E-state index contributed by atoms with van der Waals surface area (Å²) in [5.74, 6) is -0.978. The molecule has 0 saturated carbocycles. The van der Waals surface area contributed by atoms with Gasteiger partial charge in [0.2, 0.25) is 0 Å². The van der Waals surface area contributed by atoms with Crippen molar-refractivity contribution in [1.29, 1.82) is 0 Å². The zero-order valence-corrected chi connectivity index (χ0v) is 11.5. The lowest BCUT2D eigenvalue weighted by Crippen LogP contribution is -2.38. The van der Waals surface area contributed by atoms with Gasteiger partial charge in [0.15, 0.2) is 6.29 Å². The molecule has 0 spiro atoms. The molecule has 102 valence electrons. The van der Waals surface area contributed by atoms with Crippen molar-refractivity contribution in [2.24, 2.45) is 0 Å². The van der Waals surface area contributed by atoms with Gasteiger partial charge in [-0.25, -0.2) is 0 Å². The number of hydrogen-bond acceptors (Lipinski definition) is 4. The lowest BCUT2D eigenvalue weighted by Gasteiger charge is -2.23. The zero-order chi connectivity index (χ0) is 14.2. The fourth-order valence-electron chi connectivity index (χ4n) is 2.33. The van der Waals surface area contributed by atoms with Crippen molar-refractivity contribution in [3.63, 3.8) is 0 Å². The number of Topliss-reactive ketones (excluding diaryl/α,β-unsaturated/α-hetero) is 1. The Balaban J connectivity index is 2.47. The van der Waals surface area contributed by atoms with Gasteiger partial charge in [-0.2, -0.15) is 0 Å². The highest BCUT2D eigenvalue weighted by Crippen LogP contribution is 2.34. The van der Waals surface area contributed by atoms with Crippen molar-refractivity contribution in [3.05, 3.63) is 28.8 Å². The second-order valence-electron chi connectivity index (χ2n) is 4.57. The molecule has 2 rings (SSSR count). The molecule has 0 N–H and O–H groups in total. The quantitative estimate of drug-likeness (QED) is 0.609. The molecule has 0 fully saturated rings. The maximum Gasteiger partial charge on any atom is 0.299 e. The maximum atomic E-state index is 12.1. The van der Waals surface area contributed by atoms with Gasteiger partial charge in [0.25, 0.3) is 11.7 Å². The minimum Gasteiger partial charge on any atom is -0.354 e. The largest absolute Gasteiger partial charge is 0.354 e. The first-order chi connectivity index (χ1) is 9.01.